The Bertz CT molecular complexity index is 1090. The molecule has 130 valence electrons. The highest BCUT2D eigenvalue weighted by Gasteiger charge is 2.34. The Morgan fingerprint density at radius 2 is 2.08 bits per heavy atom. The zero-order valence-electron chi connectivity index (χ0n) is 13.1. The summed E-state index contributed by atoms with van der Waals surface area (Å²) in [6.45, 7) is 0. The quantitative estimate of drug-likeness (QED) is 0.702. The summed E-state index contributed by atoms with van der Waals surface area (Å²) in [4.78, 5) is 12.3. The molecule has 1 aliphatic carbocycles. The topological polar surface area (TPSA) is 89.8 Å². The molecule has 0 spiro atoms. The van der Waals surface area contributed by atoms with Gasteiger partial charge in [-0.05, 0) is 36.6 Å². The zero-order valence-corrected chi connectivity index (χ0v) is 14.6. The molecule has 7 nitrogen and oxygen atoms in total. The van der Waals surface area contributed by atoms with Gasteiger partial charge in [0.25, 0.3) is 0 Å². The van der Waals surface area contributed by atoms with Crippen LogP contribution in [0.2, 0.25) is 5.28 Å². The maximum atomic E-state index is 14.9. The molecule has 0 radical (unpaired) electrons. The summed E-state index contributed by atoms with van der Waals surface area (Å²) in [7, 11) is -3.48. The molecule has 0 aliphatic heterocycles. The first-order chi connectivity index (χ1) is 11.8. The largest absolute Gasteiger partial charge is 0.279 e. The van der Waals surface area contributed by atoms with Gasteiger partial charge < -0.3 is 0 Å². The highest BCUT2D eigenvalue weighted by atomic mass is 35.5. The highest BCUT2D eigenvalue weighted by Crippen LogP contribution is 2.44. The van der Waals surface area contributed by atoms with Gasteiger partial charge in [-0.15, -0.1) is 0 Å². The van der Waals surface area contributed by atoms with Gasteiger partial charge in [-0.3, -0.25) is 9.29 Å². The van der Waals surface area contributed by atoms with Crippen LogP contribution in [-0.4, -0.2) is 34.2 Å². The van der Waals surface area contributed by atoms with Gasteiger partial charge in [0.1, 0.15) is 11.6 Å². The third-order valence-corrected chi connectivity index (χ3v) is 4.63. The van der Waals surface area contributed by atoms with Crippen molar-refractivity contribution in [1.82, 2.24) is 19.5 Å². The lowest BCUT2D eigenvalue weighted by molar-refractivity contribution is 0.606. The normalized spacial score (nSPS) is 14.8. The number of fused-ring (bicyclic) bond motifs is 1. The van der Waals surface area contributed by atoms with Crippen molar-refractivity contribution in [3.05, 3.63) is 41.2 Å². The molecular weight excluding hydrogens is 369 g/mol. The molecule has 0 atom stereocenters. The van der Waals surface area contributed by atoms with Crippen molar-refractivity contribution >= 4 is 38.5 Å². The lowest BCUT2D eigenvalue weighted by Crippen LogP contribution is -2.12. The van der Waals surface area contributed by atoms with Crippen LogP contribution in [0.3, 0.4) is 0 Å². The molecule has 4 rings (SSSR count). The van der Waals surface area contributed by atoms with Crippen molar-refractivity contribution in [1.29, 1.82) is 0 Å². The van der Waals surface area contributed by atoms with Crippen molar-refractivity contribution in [3.8, 4) is 5.82 Å². The van der Waals surface area contributed by atoms with E-state index < -0.39 is 15.8 Å². The second-order valence-corrected chi connectivity index (χ2v) is 8.03. The number of nitrogens with zero attached hydrogens (tertiary/aromatic N) is 4. The lowest BCUT2D eigenvalue weighted by atomic mass is 10.2. The third-order valence-electron chi connectivity index (χ3n) is 3.87. The van der Waals surface area contributed by atoms with Gasteiger partial charge in [0, 0.05) is 12.1 Å². The highest BCUT2D eigenvalue weighted by molar-refractivity contribution is 7.92. The van der Waals surface area contributed by atoms with E-state index >= 15 is 0 Å². The third kappa shape index (κ3) is 3.05. The van der Waals surface area contributed by atoms with Crippen LogP contribution in [0.1, 0.15) is 24.5 Å². The molecule has 25 heavy (non-hydrogen) atoms. The molecular formula is C15H13ClFN5O2S. The second-order valence-electron chi connectivity index (χ2n) is 5.94. The van der Waals surface area contributed by atoms with Gasteiger partial charge in [0.2, 0.25) is 15.3 Å². The molecule has 3 aromatic rings. The monoisotopic (exact) mass is 381 g/mol. The SMILES string of the molecule is CS(=O)(=O)Nc1cccc(-n2c(C3CC3)c(F)c3cnc(Cl)nc32)n1. The van der Waals surface area contributed by atoms with E-state index in [1.165, 1.54) is 12.3 Å². The van der Waals surface area contributed by atoms with Crippen LogP contribution in [0.4, 0.5) is 10.2 Å². The first kappa shape index (κ1) is 16.2. The molecule has 3 aromatic heterocycles. The summed E-state index contributed by atoms with van der Waals surface area (Å²) >= 11 is 5.88. The van der Waals surface area contributed by atoms with Gasteiger partial charge in [-0.1, -0.05) is 6.07 Å². The predicted octanol–water partition coefficient (Wildman–Crippen LogP) is 2.86. The van der Waals surface area contributed by atoms with E-state index in [1.807, 2.05) is 0 Å². The molecule has 0 amide bonds. The summed E-state index contributed by atoms with van der Waals surface area (Å²) in [6, 6.07) is 4.82. The molecule has 1 N–H and O–H groups in total. The number of pyridine rings is 1. The van der Waals surface area contributed by atoms with Crippen LogP contribution in [-0.2, 0) is 10.0 Å². The van der Waals surface area contributed by atoms with Crippen LogP contribution in [0.15, 0.2) is 24.4 Å². The zero-order chi connectivity index (χ0) is 17.8. The van der Waals surface area contributed by atoms with Crippen molar-refractivity contribution in [3.63, 3.8) is 0 Å². The molecule has 1 aliphatic rings. The maximum Gasteiger partial charge on any atom is 0.230 e. The predicted molar refractivity (Wildman–Crippen MR) is 92.1 cm³/mol. The Morgan fingerprint density at radius 3 is 2.76 bits per heavy atom. The number of aromatic nitrogens is 4. The maximum absolute atomic E-state index is 14.9. The van der Waals surface area contributed by atoms with Crippen molar-refractivity contribution in [2.24, 2.45) is 0 Å². The fourth-order valence-corrected chi connectivity index (χ4v) is 3.40. The molecule has 3 heterocycles. The van der Waals surface area contributed by atoms with Crippen LogP contribution in [0, 0.1) is 5.82 Å². The summed E-state index contributed by atoms with van der Waals surface area (Å²) in [5, 5.41) is 0.258. The average molecular weight is 382 g/mol. The standard InChI is InChI=1S/C15H13ClFN5O2S/c1-25(23,24)21-10-3-2-4-11(19-10)22-13(8-5-6-8)12(17)9-7-18-15(16)20-14(9)22/h2-4,7-8H,5-6H2,1H3,(H,19,21). The lowest BCUT2D eigenvalue weighted by Gasteiger charge is -2.10. The second kappa shape index (κ2) is 5.63. The van der Waals surface area contributed by atoms with E-state index in [2.05, 4.69) is 19.7 Å². The smallest absolute Gasteiger partial charge is 0.230 e. The first-order valence-electron chi connectivity index (χ1n) is 7.51. The number of rotatable bonds is 4. The minimum Gasteiger partial charge on any atom is -0.279 e. The van der Waals surface area contributed by atoms with E-state index in [9.17, 15) is 12.8 Å². The minimum atomic E-state index is -3.48. The minimum absolute atomic E-state index is 0.000914. The summed E-state index contributed by atoms with van der Waals surface area (Å²) < 4.78 is 41.7. The van der Waals surface area contributed by atoms with E-state index in [4.69, 9.17) is 11.6 Å². The summed E-state index contributed by atoms with van der Waals surface area (Å²) in [5.41, 5.74) is 0.777. The van der Waals surface area contributed by atoms with Gasteiger partial charge in [-0.2, -0.15) is 4.98 Å². The molecule has 0 bridgehead atoms. The molecule has 1 saturated carbocycles. The number of sulfonamides is 1. The molecule has 0 unspecified atom stereocenters. The number of anilines is 1. The van der Waals surface area contributed by atoms with Crippen LogP contribution < -0.4 is 4.72 Å². The van der Waals surface area contributed by atoms with Crippen molar-refractivity contribution < 1.29 is 12.8 Å². The molecule has 1 fully saturated rings. The average Bonchev–Trinajstić information content (AvgIpc) is 3.31. The van der Waals surface area contributed by atoms with Crippen LogP contribution in [0.5, 0.6) is 0 Å². The molecule has 0 aromatic carbocycles. The van der Waals surface area contributed by atoms with E-state index in [1.54, 1.807) is 16.7 Å². The van der Waals surface area contributed by atoms with E-state index in [-0.39, 0.29) is 22.4 Å². The summed E-state index contributed by atoms with van der Waals surface area (Å²) in [5.74, 6) is 0.183. The Morgan fingerprint density at radius 1 is 1.32 bits per heavy atom. The fraction of sp³-hybridized carbons (Fsp3) is 0.267. The van der Waals surface area contributed by atoms with E-state index in [0.29, 0.717) is 17.2 Å². The number of hydrogen-bond donors (Lipinski definition) is 1. The molecule has 0 saturated heterocycles. The van der Waals surface area contributed by atoms with Crippen molar-refractivity contribution in [2.45, 2.75) is 18.8 Å². The summed E-state index contributed by atoms with van der Waals surface area (Å²) in [6.07, 6.45) is 4.13. The number of hydrogen-bond acceptors (Lipinski definition) is 5. The van der Waals surface area contributed by atoms with Gasteiger partial charge in [-0.25, -0.2) is 22.8 Å². The number of nitrogens with one attached hydrogen (secondary N) is 1. The van der Waals surface area contributed by atoms with Crippen molar-refractivity contribution in [2.75, 3.05) is 11.0 Å². The van der Waals surface area contributed by atoms with Crippen LogP contribution >= 0.6 is 11.6 Å². The van der Waals surface area contributed by atoms with E-state index in [0.717, 1.165) is 19.1 Å². The Balaban J connectivity index is 1.96. The Labute approximate surface area is 147 Å². The Hall–Kier alpha value is -2.26. The van der Waals surface area contributed by atoms with Gasteiger partial charge >= 0.3 is 0 Å². The van der Waals surface area contributed by atoms with Crippen LogP contribution in [0.25, 0.3) is 16.9 Å². The molecule has 10 heteroatoms. The van der Waals surface area contributed by atoms with Gasteiger partial charge in [0.15, 0.2) is 11.5 Å². The Kier molecular flexibility index (Phi) is 3.66. The fourth-order valence-electron chi connectivity index (χ4n) is 2.77. The number of halogens is 2. The first-order valence-corrected chi connectivity index (χ1v) is 9.78. The van der Waals surface area contributed by atoms with Gasteiger partial charge in [0.05, 0.1) is 17.3 Å².